The highest BCUT2D eigenvalue weighted by atomic mass is 19.4. The van der Waals surface area contributed by atoms with Gasteiger partial charge in [0.15, 0.2) is 0 Å². The summed E-state index contributed by atoms with van der Waals surface area (Å²) in [7, 11) is 1.73. The summed E-state index contributed by atoms with van der Waals surface area (Å²) in [5, 5.41) is 14.0. The molecule has 0 amide bonds. The van der Waals surface area contributed by atoms with Crippen LogP contribution in [0.15, 0.2) is 6.20 Å². The zero-order valence-electron chi connectivity index (χ0n) is 9.96. The van der Waals surface area contributed by atoms with Crippen LogP contribution in [0.25, 0.3) is 0 Å². The van der Waals surface area contributed by atoms with E-state index >= 15 is 0 Å². The molecule has 1 rings (SSSR count). The Morgan fingerprint density at radius 3 is 2.65 bits per heavy atom. The van der Waals surface area contributed by atoms with Crippen LogP contribution in [0, 0.1) is 0 Å². The Morgan fingerprint density at radius 2 is 2.12 bits per heavy atom. The maximum Gasteiger partial charge on any atom is 0.389 e. The molecule has 1 unspecified atom stereocenters. The molecule has 0 saturated carbocycles. The summed E-state index contributed by atoms with van der Waals surface area (Å²) in [6.45, 7) is 1.90. The maximum atomic E-state index is 12.0. The van der Waals surface area contributed by atoms with Crippen molar-refractivity contribution in [3.8, 4) is 0 Å². The first-order valence-corrected chi connectivity index (χ1v) is 5.60. The minimum Gasteiger partial charge on any atom is -0.388 e. The molecule has 0 fully saturated rings. The van der Waals surface area contributed by atoms with Gasteiger partial charge < -0.3 is 5.11 Å². The second-order valence-electron chi connectivity index (χ2n) is 4.08. The van der Waals surface area contributed by atoms with Crippen molar-refractivity contribution in [1.29, 1.82) is 0 Å². The van der Waals surface area contributed by atoms with Gasteiger partial charge in [-0.15, -0.1) is 0 Å². The summed E-state index contributed by atoms with van der Waals surface area (Å²) in [4.78, 5) is 0. The van der Waals surface area contributed by atoms with E-state index in [0.29, 0.717) is 12.0 Å². The lowest BCUT2D eigenvalue weighted by atomic mass is 10.0. The number of aliphatic hydroxyl groups is 1. The predicted octanol–water partition coefficient (Wildman–Crippen LogP) is 2.75. The monoisotopic (exact) mass is 250 g/mol. The van der Waals surface area contributed by atoms with Crippen LogP contribution in [0.1, 0.15) is 43.5 Å². The second kappa shape index (κ2) is 5.53. The summed E-state index contributed by atoms with van der Waals surface area (Å²) < 4.78 is 37.5. The quantitative estimate of drug-likeness (QED) is 0.872. The molecule has 0 spiro atoms. The Bertz CT molecular complexity index is 360. The van der Waals surface area contributed by atoms with Crippen LogP contribution >= 0.6 is 0 Å². The number of aromatic nitrogens is 2. The summed E-state index contributed by atoms with van der Waals surface area (Å²) >= 11 is 0. The van der Waals surface area contributed by atoms with Crippen molar-refractivity contribution >= 4 is 0 Å². The fourth-order valence-corrected chi connectivity index (χ4v) is 1.76. The third-order valence-electron chi connectivity index (χ3n) is 2.57. The van der Waals surface area contributed by atoms with Gasteiger partial charge in [0.1, 0.15) is 0 Å². The van der Waals surface area contributed by atoms with Crippen LogP contribution in [-0.4, -0.2) is 21.1 Å². The van der Waals surface area contributed by atoms with Gasteiger partial charge in [0.05, 0.1) is 11.8 Å². The Balaban J connectivity index is 2.54. The molecule has 98 valence electrons. The van der Waals surface area contributed by atoms with E-state index in [2.05, 4.69) is 5.10 Å². The molecule has 1 heterocycles. The van der Waals surface area contributed by atoms with E-state index < -0.39 is 18.7 Å². The SMILES string of the molecule is CCc1nn(C)cc1C(O)CCCC(F)(F)F. The van der Waals surface area contributed by atoms with Crippen molar-refractivity contribution in [2.45, 2.75) is 44.9 Å². The predicted molar refractivity (Wildman–Crippen MR) is 57.5 cm³/mol. The van der Waals surface area contributed by atoms with E-state index in [-0.39, 0.29) is 12.8 Å². The van der Waals surface area contributed by atoms with Crippen LogP contribution in [-0.2, 0) is 13.5 Å². The molecule has 3 nitrogen and oxygen atoms in total. The molecule has 1 N–H and O–H groups in total. The highest BCUT2D eigenvalue weighted by molar-refractivity contribution is 5.19. The molecule has 0 aliphatic carbocycles. The van der Waals surface area contributed by atoms with Crippen LogP contribution in [0.4, 0.5) is 13.2 Å². The van der Waals surface area contributed by atoms with Gasteiger partial charge in [-0.2, -0.15) is 18.3 Å². The van der Waals surface area contributed by atoms with E-state index in [1.54, 1.807) is 17.9 Å². The zero-order chi connectivity index (χ0) is 13.1. The molecule has 1 aromatic heterocycles. The molecule has 0 aliphatic heterocycles. The van der Waals surface area contributed by atoms with Crippen LogP contribution in [0.3, 0.4) is 0 Å². The van der Waals surface area contributed by atoms with Crippen molar-refractivity contribution in [3.63, 3.8) is 0 Å². The number of rotatable bonds is 5. The van der Waals surface area contributed by atoms with Gasteiger partial charge in [-0.1, -0.05) is 6.92 Å². The molecule has 0 aliphatic rings. The zero-order valence-corrected chi connectivity index (χ0v) is 9.96. The van der Waals surface area contributed by atoms with Gasteiger partial charge in [0.25, 0.3) is 0 Å². The fraction of sp³-hybridized carbons (Fsp3) is 0.727. The van der Waals surface area contributed by atoms with Crippen LogP contribution in [0.2, 0.25) is 0 Å². The third-order valence-corrected chi connectivity index (χ3v) is 2.57. The lowest BCUT2D eigenvalue weighted by Crippen LogP contribution is -2.08. The standard InChI is InChI=1S/C11H17F3N2O/c1-3-9-8(7-16(2)15-9)10(17)5-4-6-11(12,13)14/h7,10,17H,3-6H2,1-2H3. The van der Waals surface area contributed by atoms with E-state index in [1.807, 2.05) is 6.92 Å². The summed E-state index contributed by atoms with van der Waals surface area (Å²) in [5.41, 5.74) is 1.38. The lowest BCUT2D eigenvalue weighted by Gasteiger charge is -2.11. The highest BCUT2D eigenvalue weighted by Crippen LogP contribution is 2.27. The van der Waals surface area contributed by atoms with Gasteiger partial charge in [-0.05, 0) is 19.3 Å². The molecule has 0 bridgehead atoms. The number of nitrogens with zero attached hydrogens (tertiary/aromatic N) is 2. The van der Waals surface area contributed by atoms with Crippen molar-refractivity contribution in [1.82, 2.24) is 9.78 Å². The number of aliphatic hydroxyl groups excluding tert-OH is 1. The summed E-state index contributed by atoms with van der Waals surface area (Å²) in [5.74, 6) is 0. The molecule has 6 heteroatoms. The van der Waals surface area contributed by atoms with Gasteiger partial charge in [0.2, 0.25) is 0 Å². The fourth-order valence-electron chi connectivity index (χ4n) is 1.76. The Hall–Kier alpha value is -1.04. The first-order valence-electron chi connectivity index (χ1n) is 5.60. The van der Waals surface area contributed by atoms with Crippen LogP contribution in [0.5, 0.6) is 0 Å². The number of aryl methyl sites for hydroxylation is 2. The van der Waals surface area contributed by atoms with Gasteiger partial charge in [-0.3, -0.25) is 4.68 Å². The summed E-state index contributed by atoms with van der Waals surface area (Å²) in [6.07, 6.45) is -3.50. The molecular formula is C11H17F3N2O. The number of halogens is 3. The van der Waals surface area contributed by atoms with E-state index in [1.165, 1.54) is 0 Å². The molecule has 1 aromatic rings. The van der Waals surface area contributed by atoms with Gasteiger partial charge in [-0.25, -0.2) is 0 Å². The molecule has 0 radical (unpaired) electrons. The van der Waals surface area contributed by atoms with Crippen molar-refractivity contribution in [2.24, 2.45) is 7.05 Å². The lowest BCUT2D eigenvalue weighted by molar-refractivity contribution is -0.136. The largest absolute Gasteiger partial charge is 0.389 e. The van der Waals surface area contributed by atoms with E-state index in [0.717, 1.165) is 5.69 Å². The van der Waals surface area contributed by atoms with Gasteiger partial charge in [0, 0.05) is 25.2 Å². The first kappa shape index (κ1) is 14.0. The van der Waals surface area contributed by atoms with E-state index in [9.17, 15) is 18.3 Å². The smallest absolute Gasteiger partial charge is 0.388 e. The average molecular weight is 250 g/mol. The van der Waals surface area contributed by atoms with Crippen molar-refractivity contribution in [2.75, 3.05) is 0 Å². The normalized spacial score (nSPS) is 14.0. The minimum absolute atomic E-state index is 0.0668. The minimum atomic E-state index is -4.15. The first-order chi connectivity index (χ1) is 7.83. The average Bonchev–Trinajstić information content (AvgIpc) is 2.57. The number of alkyl halides is 3. The van der Waals surface area contributed by atoms with Crippen LogP contribution < -0.4 is 0 Å². The Morgan fingerprint density at radius 1 is 1.47 bits per heavy atom. The topological polar surface area (TPSA) is 38.0 Å². The maximum absolute atomic E-state index is 12.0. The van der Waals surface area contributed by atoms with Crippen molar-refractivity contribution in [3.05, 3.63) is 17.5 Å². The third kappa shape index (κ3) is 4.38. The van der Waals surface area contributed by atoms with Gasteiger partial charge >= 0.3 is 6.18 Å². The van der Waals surface area contributed by atoms with Crippen molar-refractivity contribution < 1.29 is 18.3 Å². The van der Waals surface area contributed by atoms with E-state index in [4.69, 9.17) is 0 Å². The molecule has 0 aromatic carbocycles. The number of hydrogen-bond acceptors (Lipinski definition) is 2. The molecular weight excluding hydrogens is 233 g/mol. The molecule has 0 saturated heterocycles. The molecule has 1 atom stereocenters. The molecule has 17 heavy (non-hydrogen) atoms. The highest BCUT2D eigenvalue weighted by Gasteiger charge is 2.27. The summed E-state index contributed by atoms with van der Waals surface area (Å²) in [6, 6.07) is 0. The Kier molecular flexibility index (Phi) is 4.56. The number of hydrogen-bond donors (Lipinski definition) is 1. The second-order valence-corrected chi connectivity index (χ2v) is 4.08. The Labute approximate surface area is 98.2 Å².